The number of aromatic nitrogens is 2. The van der Waals surface area contributed by atoms with Gasteiger partial charge in [0.2, 0.25) is 21.8 Å². The van der Waals surface area contributed by atoms with Crippen molar-refractivity contribution >= 4 is 10.0 Å². The van der Waals surface area contributed by atoms with Crippen molar-refractivity contribution in [2.24, 2.45) is 0 Å². The summed E-state index contributed by atoms with van der Waals surface area (Å²) in [6.45, 7) is 5.78. The lowest BCUT2D eigenvalue weighted by Gasteiger charge is -2.24. The molecule has 0 radical (unpaired) electrons. The zero-order valence-electron chi connectivity index (χ0n) is 16.4. The molecule has 1 aromatic heterocycles. The SMILES string of the molecule is CCCc1ccc(S(=O)(=O)N(Cc2nnc(-c3ccccc3)o2)C(C)C)cc1. The number of hydrogen-bond acceptors (Lipinski definition) is 5. The van der Waals surface area contributed by atoms with Crippen LogP contribution in [-0.4, -0.2) is 29.0 Å². The van der Waals surface area contributed by atoms with E-state index in [0.29, 0.717) is 5.89 Å². The fourth-order valence-electron chi connectivity index (χ4n) is 2.95. The zero-order valence-corrected chi connectivity index (χ0v) is 17.2. The van der Waals surface area contributed by atoms with Crippen LogP contribution < -0.4 is 0 Å². The van der Waals surface area contributed by atoms with Crippen molar-refractivity contribution in [2.45, 2.75) is 51.1 Å². The molecule has 0 aliphatic carbocycles. The molecule has 0 fully saturated rings. The molecular weight excluding hydrogens is 374 g/mol. The van der Waals surface area contributed by atoms with Crippen LogP contribution in [0, 0.1) is 0 Å². The van der Waals surface area contributed by atoms with Gasteiger partial charge in [-0.15, -0.1) is 10.2 Å². The predicted molar refractivity (Wildman–Crippen MR) is 108 cm³/mol. The van der Waals surface area contributed by atoms with Crippen LogP contribution in [-0.2, 0) is 23.0 Å². The molecule has 2 aromatic carbocycles. The molecule has 7 heteroatoms. The average Bonchev–Trinajstić information content (AvgIpc) is 3.16. The summed E-state index contributed by atoms with van der Waals surface area (Å²) in [5.74, 6) is 0.638. The van der Waals surface area contributed by atoms with Crippen LogP contribution in [0.5, 0.6) is 0 Å². The Balaban J connectivity index is 1.84. The first-order chi connectivity index (χ1) is 13.4. The van der Waals surface area contributed by atoms with E-state index in [0.717, 1.165) is 24.0 Å². The normalized spacial score (nSPS) is 12.0. The quantitative estimate of drug-likeness (QED) is 0.565. The summed E-state index contributed by atoms with van der Waals surface area (Å²) in [5, 5.41) is 8.09. The van der Waals surface area contributed by atoms with Gasteiger partial charge in [-0.2, -0.15) is 4.31 Å². The Morgan fingerprint density at radius 1 is 1.00 bits per heavy atom. The summed E-state index contributed by atoms with van der Waals surface area (Å²) in [5.41, 5.74) is 1.92. The van der Waals surface area contributed by atoms with E-state index < -0.39 is 10.0 Å². The second kappa shape index (κ2) is 8.67. The molecule has 0 aliphatic rings. The number of nitrogens with zero attached hydrogens (tertiary/aromatic N) is 3. The summed E-state index contributed by atoms with van der Waals surface area (Å²) in [4.78, 5) is 0.267. The highest BCUT2D eigenvalue weighted by atomic mass is 32.2. The standard InChI is InChI=1S/C21H25N3O3S/c1-4-8-17-11-13-19(14-12-17)28(25,26)24(16(2)3)15-20-22-23-21(27-20)18-9-6-5-7-10-18/h5-7,9-14,16H,4,8,15H2,1-3H3. The van der Waals surface area contributed by atoms with Crippen LogP contribution in [0.25, 0.3) is 11.5 Å². The second-order valence-electron chi connectivity index (χ2n) is 6.90. The number of benzene rings is 2. The minimum absolute atomic E-state index is 0.0244. The first-order valence-electron chi connectivity index (χ1n) is 9.40. The summed E-state index contributed by atoms with van der Waals surface area (Å²) in [6, 6.07) is 16.2. The summed E-state index contributed by atoms with van der Waals surface area (Å²) >= 11 is 0. The van der Waals surface area contributed by atoms with Crippen LogP contribution in [0.2, 0.25) is 0 Å². The Morgan fingerprint density at radius 2 is 1.68 bits per heavy atom. The fourth-order valence-corrected chi connectivity index (χ4v) is 4.53. The highest BCUT2D eigenvalue weighted by Gasteiger charge is 2.29. The molecule has 0 unspecified atom stereocenters. The van der Waals surface area contributed by atoms with E-state index in [1.165, 1.54) is 4.31 Å². The monoisotopic (exact) mass is 399 g/mol. The molecule has 148 valence electrons. The number of aryl methyl sites for hydroxylation is 1. The van der Waals surface area contributed by atoms with Crippen LogP contribution >= 0.6 is 0 Å². The Labute approximate surface area is 166 Å². The Morgan fingerprint density at radius 3 is 2.29 bits per heavy atom. The van der Waals surface area contributed by atoms with Gasteiger partial charge in [-0.05, 0) is 50.1 Å². The van der Waals surface area contributed by atoms with E-state index in [9.17, 15) is 8.42 Å². The molecule has 0 N–H and O–H groups in total. The first kappa shape index (κ1) is 20.2. The van der Waals surface area contributed by atoms with E-state index >= 15 is 0 Å². The van der Waals surface area contributed by atoms with Crippen molar-refractivity contribution < 1.29 is 12.8 Å². The van der Waals surface area contributed by atoms with Crippen LogP contribution in [0.15, 0.2) is 63.9 Å². The van der Waals surface area contributed by atoms with Gasteiger partial charge in [0, 0.05) is 11.6 Å². The minimum Gasteiger partial charge on any atom is -0.419 e. The van der Waals surface area contributed by atoms with E-state index in [4.69, 9.17) is 4.42 Å². The van der Waals surface area contributed by atoms with E-state index in [1.807, 2.05) is 56.3 Å². The van der Waals surface area contributed by atoms with Crippen LogP contribution in [0.3, 0.4) is 0 Å². The maximum atomic E-state index is 13.2. The van der Waals surface area contributed by atoms with E-state index in [2.05, 4.69) is 17.1 Å². The van der Waals surface area contributed by atoms with Crippen LogP contribution in [0.4, 0.5) is 0 Å². The Hall–Kier alpha value is -2.51. The lowest BCUT2D eigenvalue weighted by molar-refractivity contribution is 0.313. The highest BCUT2D eigenvalue weighted by Crippen LogP contribution is 2.23. The lowest BCUT2D eigenvalue weighted by atomic mass is 10.1. The van der Waals surface area contributed by atoms with Gasteiger partial charge in [-0.3, -0.25) is 0 Å². The topological polar surface area (TPSA) is 76.3 Å². The third kappa shape index (κ3) is 4.48. The van der Waals surface area contributed by atoms with Crippen LogP contribution in [0.1, 0.15) is 38.6 Å². The van der Waals surface area contributed by atoms with Gasteiger partial charge in [-0.25, -0.2) is 8.42 Å². The molecule has 0 saturated heterocycles. The molecular formula is C21H25N3O3S. The van der Waals surface area contributed by atoms with Gasteiger partial charge in [0.25, 0.3) is 0 Å². The Bertz CT molecular complexity index is 997. The van der Waals surface area contributed by atoms with Crippen molar-refractivity contribution in [3.63, 3.8) is 0 Å². The van der Waals surface area contributed by atoms with Crippen molar-refractivity contribution in [1.29, 1.82) is 0 Å². The molecule has 3 aromatic rings. The van der Waals surface area contributed by atoms with Crippen molar-refractivity contribution in [3.05, 3.63) is 66.1 Å². The molecule has 0 atom stereocenters. The van der Waals surface area contributed by atoms with Gasteiger partial charge in [0.05, 0.1) is 11.4 Å². The number of sulfonamides is 1. The summed E-state index contributed by atoms with van der Waals surface area (Å²) < 4.78 is 33.4. The fraction of sp³-hybridized carbons (Fsp3) is 0.333. The van der Waals surface area contributed by atoms with Gasteiger partial charge < -0.3 is 4.42 Å². The first-order valence-corrected chi connectivity index (χ1v) is 10.8. The maximum absolute atomic E-state index is 13.2. The molecule has 0 saturated carbocycles. The molecule has 0 amide bonds. The third-order valence-corrected chi connectivity index (χ3v) is 6.46. The summed E-state index contributed by atoms with van der Waals surface area (Å²) in [6.07, 6.45) is 1.95. The lowest BCUT2D eigenvalue weighted by Crippen LogP contribution is -2.36. The average molecular weight is 400 g/mol. The molecule has 1 heterocycles. The number of hydrogen-bond donors (Lipinski definition) is 0. The highest BCUT2D eigenvalue weighted by molar-refractivity contribution is 7.89. The smallest absolute Gasteiger partial charge is 0.247 e. The van der Waals surface area contributed by atoms with Crippen molar-refractivity contribution in [1.82, 2.24) is 14.5 Å². The van der Waals surface area contributed by atoms with Crippen molar-refractivity contribution in [3.8, 4) is 11.5 Å². The Kier molecular flexibility index (Phi) is 6.26. The largest absolute Gasteiger partial charge is 0.419 e. The van der Waals surface area contributed by atoms with E-state index in [-0.39, 0.29) is 23.4 Å². The predicted octanol–water partition coefficient (Wildman–Crippen LogP) is 4.29. The molecule has 0 bridgehead atoms. The van der Waals surface area contributed by atoms with Gasteiger partial charge in [0.1, 0.15) is 0 Å². The van der Waals surface area contributed by atoms with Gasteiger partial charge in [-0.1, -0.05) is 43.7 Å². The minimum atomic E-state index is -3.68. The zero-order chi connectivity index (χ0) is 20.1. The molecule has 0 aliphatic heterocycles. The maximum Gasteiger partial charge on any atom is 0.247 e. The van der Waals surface area contributed by atoms with Gasteiger partial charge in [0.15, 0.2) is 0 Å². The molecule has 3 rings (SSSR count). The molecule has 6 nitrogen and oxygen atoms in total. The number of rotatable bonds is 8. The summed E-state index contributed by atoms with van der Waals surface area (Å²) in [7, 11) is -3.68. The van der Waals surface area contributed by atoms with E-state index in [1.54, 1.807) is 12.1 Å². The third-order valence-electron chi connectivity index (χ3n) is 4.42. The molecule has 28 heavy (non-hydrogen) atoms. The second-order valence-corrected chi connectivity index (χ2v) is 8.80. The van der Waals surface area contributed by atoms with Crippen molar-refractivity contribution in [2.75, 3.05) is 0 Å². The van der Waals surface area contributed by atoms with Gasteiger partial charge >= 0.3 is 0 Å². The molecule has 0 spiro atoms.